The smallest absolute Gasteiger partial charge is 0.254 e. The molecule has 126 valence electrons. The molecule has 3 aromatic heterocycles. The lowest BCUT2D eigenvalue weighted by atomic mass is 9.98. The van der Waals surface area contributed by atoms with Crippen LogP contribution in [0.15, 0.2) is 25.0 Å². The number of piperidine rings is 1. The molecule has 0 aromatic carbocycles. The van der Waals surface area contributed by atoms with E-state index in [1.807, 2.05) is 9.20 Å². The van der Waals surface area contributed by atoms with Crippen molar-refractivity contribution in [1.82, 2.24) is 34.3 Å². The third kappa shape index (κ3) is 2.95. The second-order valence-corrected chi connectivity index (χ2v) is 6.40. The lowest BCUT2D eigenvalue weighted by Crippen LogP contribution is -2.38. The topological polar surface area (TPSA) is 77.0 Å². The number of anilines is 1. The van der Waals surface area contributed by atoms with Crippen molar-refractivity contribution >= 4 is 11.6 Å². The van der Waals surface area contributed by atoms with Crippen LogP contribution in [-0.2, 0) is 13.0 Å². The largest absolute Gasteiger partial charge is 0.356 e. The van der Waals surface area contributed by atoms with Crippen LogP contribution in [0.5, 0.6) is 0 Å². The van der Waals surface area contributed by atoms with Gasteiger partial charge in [0.15, 0.2) is 0 Å². The Morgan fingerprint density at radius 1 is 1.25 bits per heavy atom. The summed E-state index contributed by atoms with van der Waals surface area (Å²) in [7, 11) is 0. The van der Waals surface area contributed by atoms with E-state index >= 15 is 0 Å². The van der Waals surface area contributed by atoms with E-state index in [2.05, 4.69) is 43.0 Å². The van der Waals surface area contributed by atoms with Gasteiger partial charge in [0.2, 0.25) is 0 Å². The van der Waals surface area contributed by atoms with Gasteiger partial charge in [-0.3, -0.25) is 4.68 Å². The molecule has 0 radical (unpaired) electrons. The average molecular weight is 326 g/mol. The van der Waals surface area contributed by atoms with Crippen LogP contribution in [0.4, 0.5) is 5.82 Å². The molecule has 1 aliphatic rings. The number of aryl methyl sites for hydroxylation is 1. The maximum absolute atomic E-state index is 4.60. The van der Waals surface area contributed by atoms with E-state index in [1.165, 1.54) is 12.8 Å². The highest BCUT2D eigenvalue weighted by atomic mass is 15.4. The first-order valence-corrected chi connectivity index (χ1v) is 8.60. The summed E-state index contributed by atoms with van der Waals surface area (Å²) in [5.41, 5.74) is 1.09. The number of hydrogen-bond acceptors (Lipinski definition) is 6. The van der Waals surface area contributed by atoms with E-state index in [9.17, 15) is 0 Å². The van der Waals surface area contributed by atoms with Gasteiger partial charge in [-0.15, -0.1) is 0 Å². The van der Waals surface area contributed by atoms with E-state index < -0.39 is 0 Å². The number of nitrogens with zero attached hydrogens (tertiary/aromatic N) is 8. The molecule has 1 saturated heterocycles. The lowest BCUT2D eigenvalue weighted by molar-refractivity contribution is 0.349. The molecule has 0 saturated carbocycles. The molecule has 3 aromatic rings. The Balaban J connectivity index is 1.60. The summed E-state index contributed by atoms with van der Waals surface area (Å²) < 4.78 is 3.78. The molecule has 0 N–H and O–H groups in total. The van der Waals surface area contributed by atoms with Gasteiger partial charge in [0.05, 0.1) is 0 Å². The monoisotopic (exact) mass is 326 g/mol. The second-order valence-electron chi connectivity index (χ2n) is 6.40. The fourth-order valence-electron chi connectivity index (χ4n) is 3.47. The minimum Gasteiger partial charge on any atom is -0.356 e. The molecule has 1 fully saturated rings. The maximum atomic E-state index is 4.60. The van der Waals surface area contributed by atoms with Gasteiger partial charge >= 0.3 is 0 Å². The molecule has 1 atom stereocenters. The van der Waals surface area contributed by atoms with Crippen LogP contribution in [0.3, 0.4) is 0 Å². The molecule has 4 rings (SSSR count). The van der Waals surface area contributed by atoms with Crippen LogP contribution in [0, 0.1) is 5.92 Å². The molecular formula is C16H22N8. The highest BCUT2D eigenvalue weighted by Gasteiger charge is 2.23. The highest BCUT2D eigenvalue weighted by Crippen LogP contribution is 2.25. The summed E-state index contributed by atoms with van der Waals surface area (Å²) in [4.78, 5) is 15.3. The first kappa shape index (κ1) is 15.0. The Labute approximate surface area is 140 Å². The Bertz CT molecular complexity index is 794. The zero-order valence-corrected chi connectivity index (χ0v) is 13.9. The lowest BCUT2D eigenvalue weighted by Gasteiger charge is -2.34. The first-order valence-electron chi connectivity index (χ1n) is 8.60. The van der Waals surface area contributed by atoms with Crippen LogP contribution in [0.2, 0.25) is 0 Å². The SMILES string of the molecule is CCCc1cc(N2CCC[C@@H](Cn3cncn3)C2)n2ncnc2n1. The average Bonchev–Trinajstić information content (AvgIpc) is 3.26. The molecule has 8 heteroatoms. The summed E-state index contributed by atoms with van der Waals surface area (Å²) in [5, 5.41) is 8.61. The van der Waals surface area contributed by atoms with Gasteiger partial charge in [0.25, 0.3) is 5.78 Å². The number of aromatic nitrogens is 7. The molecule has 24 heavy (non-hydrogen) atoms. The van der Waals surface area contributed by atoms with Gasteiger partial charge < -0.3 is 4.90 Å². The van der Waals surface area contributed by atoms with Crippen molar-refractivity contribution in [3.05, 3.63) is 30.7 Å². The van der Waals surface area contributed by atoms with E-state index in [-0.39, 0.29) is 0 Å². The second kappa shape index (κ2) is 6.54. The minimum absolute atomic E-state index is 0.557. The Hall–Kier alpha value is -2.51. The van der Waals surface area contributed by atoms with Crippen LogP contribution in [-0.4, -0.2) is 47.4 Å². The predicted molar refractivity (Wildman–Crippen MR) is 89.7 cm³/mol. The summed E-state index contributed by atoms with van der Waals surface area (Å²) in [5.74, 6) is 2.35. The van der Waals surface area contributed by atoms with Crippen molar-refractivity contribution in [2.24, 2.45) is 5.92 Å². The molecule has 0 bridgehead atoms. The van der Waals surface area contributed by atoms with Crippen LogP contribution < -0.4 is 4.90 Å². The van der Waals surface area contributed by atoms with Gasteiger partial charge in [-0.25, -0.2) is 9.97 Å². The molecule has 8 nitrogen and oxygen atoms in total. The molecule has 0 spiro atoms. The van der Waals surface area contributed by atoms with Crippen LogP contribution in [0.25, 0.3) is 5.78 Å². The van der Waals surface area contributed by atoms with Crippen molar-refractivity contribution in [2.75, 3.05) is 18.0 Å². The van der Waals surface area contributed by atoms with Crippen molar-refractivity contribution < 1.29 is 0 Å². The molecule has 1 aliphatic heterocycles. The normalized spacial score (nSPS) is 18.4. The van der Waals surface area contributed by atoms with Crippen LogP contribution in [0.1, 0.15) is 31.9 Å². The van der Waals surface area contributed by atoms with Crippen LogP contribution >= 0.6 is 0 Å². The van der Waals surface area contributed by atoms with Gasteiger partial charge in [0.1, 0.15) is 24.8 Å². The van der Waals surface area contributed by atoms with Crippen molar-refractivity contribution in [1.29, 1.82) is 0 Å². The maximum Gasteiger partial charge on any atom is 0.254 e. The Kier molecular flexibility index (Phi) is 4.10. The predicted octanol–water partition coefficient (Wildman–Crippen LogP) is 1.58. The molecule has 0 amide bonds. The third-order valence-corrected chi connectivity index (χ3v) is 4.55. The summed E-state index contributed by atoms with van der Waals surface area (Å²) in [6.07, 6.45) is 9.39. The number of hydrogen-bond donors (Lipinski definition) is 0. The Morgan fingerprint density at radius 3 is 3.04 bits per heavy atom. The van der Waals surface area contributed by atoms with Gasteiger partial charge in [-0.2, -0.15) is 19.7 Å². The molecule has 0 unspecified atom stereocenters. The zero-order valence-electron chi connectivity index (χ0n) is 13.9. The van der Waals surface area contributed by atoms with E-state index in [0.717, 1.165) is 44.0 Å². The number of rotatable bonds is 5. The quantitative estimate of drug-likeness (QED) is 0.708. The zero-order chi connectivity index (χ0) is 16.4. The summed E-state index contributed by atoms with van der Waals surface area (Å²) >= 11 is 0. The Morgan fingerprint density at radius 2 is 2.21 bits per heavy atom. The summed E-state index contributed by atoms with van der Waals surface area (Å²) in [6.45, 7) is 5.11. The fraction of sp³-hybridized carbons (Fsp3) is 0.562. The third-order valence-electron chi connectivity index (χ3n) is 4.55. The first-order chi connectivity index (χ1) is 11.8. The van der Waals surface area contributed by atoms with Gasteiger partial charge in [-0.1, -0.05) is 13.3 Å². The minimum atomic E-state index is 0.557. The van der Waals surface area contributed by atoms with Crippen molar-refractivity contribution in [2.45, 2.75) is 39.2 Å². The molecular weight excluding hydrogens is 304 g/mol. The fourth-order valence-corrected chi connectivity index (χ4v) is 3.47. The van der Waals surface area contributed by atoms with E-state index in [4.69, 9.17) is 0 Å². The van der Waals surface area contributed by atoms with Gasteiger partial charge in [0, 0.05) is 31.4 Å². The number of fused-ring (bicyclic) bond motifs is 1. The molecule has 0 aliphatic carbocycles. The standard InChI is InChI=1S/C16H22N8/c1-2-4-14-7-15(24-16(21-14)18-11-20-24)22-6-3-5-13(8-22)9-23-12-17-10-19-23/h7,10-13H,2-6,8-9H2,1H3/t13-/m1/s1. The van der Waals surface area contributed by atoms with Gasteiger partial charge in [-0.05, 0) is 25.2 Å². The van der Waals surface area contributed by atoms with Crippen molar-refractivity contribution in [3.8, 4) is 0 Å². The molecule has 4 heterocycles. The van der Waals surface area contributed by atoms with E-state index in [0.29, 0.717) is 11.7 Å². The van der Waals surface area contributed by atoms with Crippen molar-refractivity contribution in [3.63, 3.8) is 0 Å². The van der Waals surface area contributed by atoms with E-state index in [1.54, 1.807) is 19.0 Å². The highest BCUT2D eigenvalue weighted by molar-refractivity contribution is 5.47. The summed E-state index contributed by atoms with van der Waals surface area (Å²) in [6, 6.07) is 2.17.